The Kier molecular flexibility index (Phi) is 5.77. The topological polar surface area (TPSA) is 65.5 Å². The highest BCUT2D eigenvalue weighted by atomic mass is 16.3. The summed E-state index contributed by atoms with van der Waals surface area (Å²) in [5, 5.41) is 12.9. The third-order valence-corrected chi connectivity index (χ3v) is 4.60. The number of amides is 2. The minimum atomic E-state index is -0.418. The first-order valence-electron chi connectivity index (χ1n) is 8.09. The number of nitrogens with one attached hydrogen (secondary N) is 1. The van der Waals surface area contributed by atoms with Crippen LogP contribution in [-0.2, 0) is 0 Å². The molecule has 1 aliphatic rings. The number of likely N-dealkylation sites (tertiary alicyclic amines) is 1. The number of hydrogen-bond acceptors (Lipinski definition) is 3. The lowest BCUT2D eigenvalue weighted by atomic mass is 9.89. The first-order chi connectivity index (χ1) is 10.5. The largest absolute Gasteiger partial charge is 0.391 e. The van der Waals surface area contributed by atoms with Gasteiger partial charge in [-0.15, -0.1) is 0 Å². The number of aromatic nitrogens is 1. The van der Waals surface area contributed by atoms with E-state index in [1.165, 1.54) is 0 Å². The van der Waals surface area contributed by atoms with Gasteiger partial charge in [0.1, 0.15) is 0 Å². The Morgan fingerprint density at radius 1 is 1.55 bits per heavy atom. The molecule has 0 spiro atoms. The number of urea groups is 1. The zero-order valence-corrected chi connectivity index (χ0v) is 13.7. The fourth-order valence-corrected chi connectivity index (χ4v) is 2.88. The number of rotatable bonds is 4. The molecule has 1 aromatic rings. The number of hydrogen-bond donors (Lipinski definition) is 2. The SMILES string of the molecule is CC(C)C(CNC(=O)N1CCC(C)C(O)C1)c1cccnc1. The van der Waals surface area contributed by atoms with Crippen LogP contribution in [0.15, 0.2) is 24.5 Å². The molecule has 1 saturated heterocycles. The standard InChI is InChI=1S/C17H27N3O2/c1-12(2)15(14-5-4-7-18-9-14)10-19-17(22)20-8-6-13(3)16(21)11-20/h4-5,7,9,12-13,15-16,21H,6,8,10-11H2,1-3H3,(H,19,22). The summed E-state index contributed by atoms with van der Waals surface area (Å²) in [6.45, 7) is 8.04. The van der Waals surface area contributed by atoms with E-state index in [0.717, 1.165) is 12.0 Å². The predicted molar refractivity (Wildman–Crippen MR) is 86.6 cm³/mol. The average Bonchev–Trinajstić information content (AvgIpc) is 2.50. The molecule has 0 aromatic carbocycles. The number of nitrogens with zero attached hydrogens (tertiary/aromatic N) is 2. The van der Waals surface area contributed by atoms with Crippen LogP contribution in [0.2, 0.25) is 0 Å². The monoisotopic (exact) mass is 305 g/mol. The molecule has 3 atom stereocenters. The zero-order chi connectivity index (χ0) is 16.1. The van der Waals surface area contributed by atoms with Crippen molar-refractivity contribution < 1.29 is 9.90 Å². The van der Waals surface area contributed by atoms with Gasteiger partial charge in [0, 0.05) is 37.9 Å². The van der Waals surface area contributed by atoms with Crippen LogP contribution in [0.3, 0.4) is 0 Å². The molecule has 0 bridgehead atoms. The van der Waals surface area contributed by atoms with Gasteiger partial charge in [0.25, 0.3) is 0 Å². The Morgan fingerprint density at radius 2 is 2.32 bits per heavy atom. The van der Waals surface area contributed by atoms with E-state index in [1.807, 2.05) is 19.2 Å². The number of β-amino-alcohol motifs (C(OH)–C–C–N with tert-alkyl or cyclic N) is 1. The van der Waals surface area contributed by atoms with Gasteiger partial charge in [-0.3, -0.25) is 4.98 Å². The summed E-state index contributed by atoms with van der Waals surface area (Å²) in [5.41, 5.74) is 1.14. The second-order valence-electron chi connectivity index (χ2n) is 6.60. The Labute approximate surface area is 132 Å². The highest BCUT2D eigenvalue weighted by Gasteiger charge is 2.27. The Morgan fingerprint density at radius 3 is 2.91 bits per heavy atom. The van der Waals surface area contributed by atoms with Crippen molar-refractivity contribution in [2.24, 2.45) is 11.8 Å². The van der Waals surface area contributed by atoms with Gasteiger partial charge in [-0.1, -0.05) is 26.8 Å². The van der Waals surface area contributed by atoms with Crippen molar-refractivity contribution in [3.63, 3.8) is 0 Å². The molecule has 5 nitrogen and oxygen atoms in total. The Balaban J connectivity index is 1.91. The Bertz CT molecular complexity index is 478. The number of carbonyl (C=O) groups excluding carboxylic acids is 1. The first-order valence-corrected chi connectivity index (χ1v) is 8.09. The van der Waals surface area contributed by atoms with Gasteiger partial charge >= 0.3 is 6.03 Å². The molecule has 5 heteroatoms. The van der Waals surface area contributed by atoms with Gasteiger partial charge in [-0.05, 0) is 29.9 Å². The van der Waals surface area contributed by atoms with Crippen LogP contribution < -0.4 is 5.32 Å². The number of aliphatic hydroxyl groups is 1. The van der Waals surface area contributed by atoms with E-state index in [2.05, 4.69) is 30.2 Å². The van der Waals surface area contributed by atoms with E-state index in [1.54, 1.807) is 11.1 Å². The van der Waals surface area contributed by atoms with E-state index in [-0.39, 0.29) is 17.9 Å². The summed E-state index contributed by atoms with van der Waals surface area (Å²) in [6, 6.07) is 3.89. The third-order valence-electron chi connectivity index (χ3n) is 4.60. The van der Waals surface area contributed by atoms with E-state index in [9.17, 15) is 9.90 Å². The van der Waals surface area contributed by atoms with Crippen LogP contribution in [0, 0.1) is 11.8 Å². The maximum absolute atomic E-state index is 12.3. The molecule has 1 fully saturated rings. The summed E-state index contributed by atoms with van der Waals surface area (Å²) in [5.74, 6) is 0.922. The maximum atomic E-state index is 12.3. The molecule has 0 saturated carbocycles. The number of piperidine rings is 1. The maximum Gasteiger partial charge on any atom is 0.317 e. The summed E-state index contributed by atoms with van der Waals surface area (Å²) in [4.78, 5) is 18.2. The summed E-state index contributed by atoms with van der Waals surface area (Å²) >= 11 is 0. The van der Waals surface area contributed by atoms with Gasteiger partial charge in [-0.2, -0.15) is 0 Å². The van der Waals surface area contributed by atoms with Crippen LogP contribution in [0.5, 0.6) is 0 Å². The number of carbonyl (C=O) groups is 1. The molecule has 122 valence electrons. The van der Waals surface area contributed by atoms with Crippen molar-refractivity contribution in [1.82, 2.24) is 15.2 Å². The van der Waals surface area contributed by atoms with Crippen LogP contribution in [0.1, 0.15) is 38.7 Å². The molecular formula is C17H27N3O2. The molecule has 2 heterocycles. The second-order valence-corrected chi connectivity index (χ2v) is 6.60. The summed E-state index contributed by atoms with van der Waals surface area (Å²) in [6.07, 6.45) is 4.06. The van der Waals surface area contributed by atoms with E-state index in [4.69, 9.17) is 0 Å². The van der Waals surface area contributed by atoms with Crippen LogP contribution in [0.25, 0.3) is 0 Å². The fraction of sp³-hybridized carbons (Fsp3) is 0.647. The van der Waals surface area contributed by atoms with Crippen molar-refractivity contribution in [3.8, 4) is 0 Å². The van der Waals surface area contributed by atoms with Crippen molar-refractivity contribution in [2.75, 3.05) is 19.6 Å². The minimum absolute atomic E-state index is 0.0829. The van der Waals surface area contributed by atoms with Crippen LogP contribution in [0.4, 0.5) is 4.79 Å². The second kappa shape index (κ2) is 7.58. The van der Waals surface area contributed by atoms with Gasteiger partial charge < -0.3 is 15.3 Å². The van der Waals surface area contributed by atoms with Gasteiger partial charge in [0.2, 0.25) is 0 Å². The van der Waals surface area contributed by atoms with Gasteiger partial charge in [-0.25, -0.2) is 4.79 Å². The van der Waals surface area contributed by atoms with Gasteiger partial charge in [0.05, 0.1) is 6.10 Å². The molecule has 1 aliphatic heterocycles. The smallest absolute Gasteiger partial charge is 0.317 e. The van der Waals surface area contributed by atoms with Crippen molar-refractivity contribution in [1.29, 1.82) is 0 Å². The van der Waals surface area contributed by atoms with E-state index < -0.39 is 6.10 Å². The molecule has 2 rings (SSSR count). The molecule has 3 unspecified atom stereocenters. The first kappa shape index (κ1) is 16.7. The molecule has 2 N–H and O–H groups in total. The highest BCUT2D eigenvalue weighted by Crippen LogP contribution is 2.23. The van der Waals surface area contributed by atoms with Crippen molar-refractivity contribution in [3.05, 3.63) is 30.1 Å². The normalized spacial score (nSPS) is 23.4. The summed E-state index contributed by atoms with van der Waals surface area (Å²) < 4.78 is 0. The van der Waals surface area contributed by atoms with Crippen LogP contribution in [-0.4, -0.2) is 46.8 Å². The third kappa shape index (κ3) is 4.19. The number of aliphatic hydroxyl groups excluding tert-OH is 1. The van der Waals surface area contributed by atoms with E-state index >= 15 is 0 Å². The van der Waals surface area contributed by atoms with E-state index in [0.29, 0.717) is 25.6 Å². The summed E-state index contributed by atoms with van der Waals surface area (Å²) in [7, 11) is 0. The quantitative estimate of drug-likeness (QED) is 0.896. The highest BCUT2D eigenvalue weighted by molar-refractivity contribution is 5.74. The van der Waals surface area contributed by atoms with Gasteiger partial charge in [0.15, 0.2) is 0 Å². The zero-order valence-electron chi connectivity index (χ0n) is 13.7. The lowest BCUT2D eigenvalue weighted by molar-refractivity contribution is 0.0435. The molecule has 0 radical (unpaired) electrons. The fourth-order valence-electron chi connectivity index (χ4n) is 2.88. The average molecular weight is 305 g/mol. The van der Waals surface area contributed by atoms with Crippen molar-refractivity contribution >= 4 is 6.03 Å². The molecule has 1 aromatic heterocycles. The van der Waals surface area contributed by atoms with Crippen molar-refractivity contribution in [2.45, 2.75) is 39.2 Å². The lowest BCUT2D eigenvalue weighted by Crippen LogP contribution is -2.50. The minimum Gasteiger partial charge on any atom is -0.391 e. The molecule has 0 aliphatic carbocycles. The predicted octanol–water partition coefficient (Wildman–Crippen LogP) is 2.23. The van der Waals surface area contributed by atoms with Crippen LogP contribution >= 0.6 is 0 Å². The number of pyridine rings is 1. The molecular weight excluding hydrogens is 278 g/mol. The Hall–Kier alpha value is -1.62. The molecule has 2 amide bonds. The lowest BCUT2D eigenvalue weighted by Gasteiger charge is -2.34. The molecule has 22 heavy (non-hydrogen) atoms.